The van der Waals surface area contributed by atoms with Crippen molar-refractivity contribution in [2.24, 2.45) is 0 Å². The zero-order valence-electron chi connectivity index (χ0n) is 10.3. The van der Waals surface area contributed by atoms with E-state index >= 15 is 0 Å². The molecule has 0 aromatic heterocycles. The number of nitrogens with one attached hydrogen (secondary N) is 1. The number of hydrogen-bond acceptors (Lipinski definition) is 3. The van der Waals surface area contributed by atoms with Crippen LogP contribution >= 0.6 is 0 Å². The molecule has 0 radical (unpaired) electrons. The molecule has 0 fully saturated rings. The first-order valence-corrected chi connectivity index (χ1v) is 5.87. The van der Waals surface area contributed by atoms with E-state index in [4.69, 9.17) is 9.47 Å². The van der Waals surface area contributed by atoms with Crippen molar-refractivity contribution >= 4 is 0 Å². The van der Waals surface area contributed by atoms with Crippen LogP contribution in [0, 0.1) is 0 Å². The fourth-order valence-corrected chi connectivity index (χ4v) is 1.50. The van der Waals surface area contributed by atoms with E-state index in [2.05, 4.69) is 18.8 Å². The third kappa shape index (κ3) is 6.66. The number of hydrogen-bond donors (Lipinski definition) is 1. The van der Waals surface area contributed by atoms with Crippen LogP contribution in [0.25, 0.3) is 0 Å². The Hall–Kier alpha value is -0.380. The van der Waals surface area contributed by atoms with E-state index in [-0.39, 0.29) is 12.3 Å². The Morgan fingerprint density at radius 2 is 1.80 bits per heavy atom. The molecule has 0 aromatic rings. The molecular formula is C12H25NO2. The molecule has 1 atom stereocenters. The number of allylic oxidation sites excluding steroid dienone is 1. The van der Waals surface area contributed by atoms with Crippen molar-refractivity contribution in [2.45, 2.75) is 45.9 Å². The maximum atomic E-state index is 5.58. The molecule has 3 heteroatoms. The maximum Gasteiger partial charge on any atom is 0.172 e. The summed E-state index contributed by atoms with van der Waals surface area (Å²) in [4.78, 5) is 0. The van der Waals surface area contributed by atoms with Crippen molar-refractivity contribution in [3.8, 4) is 0 Å². The minimum Gasteiger partial charge on any atom is -0.351 e. The van der Waals surface area contributed by atoms with Crippen LogP contribution in [0.15, 0.2) is 12.7 Å². The Bertz CT molecular complexity index is 145. The normalized spacial score (nSPS) is 13.1. The van der Waals surface area contributed by atoms with Gasteiger partial charge in [-0.3, -0.25) is 0 Å². The van der Waals surface area contributed by atoms with Crippen LogP contribution < -0.4 is 5.32 Å². The average molecular weight is 215 g/mol. The predicted octanol–water partition coefficient (Wildman–Crippen LogP) is 2.33. The van der Waals surface area contributed by atoms with E-state index in [1.54, 1.807) is 0 Å². The Labute approximate surface area is 93.8 Å². The second kappa shape index (κ2) is 10.1. The molecule has 0 aliphatic carbocycles. The molecule has 3 nitrogen and oxygen atoms in total. The number of rotatable bonds is 10. The third-order valence-corrected chi connectivity index (χ3v) is 2.14. The van der Waals surface area contributed by atoms with E-state index in [1.165, 1.54) is 0 Å². The summed E-state index contributed by atoms with van der Waals surface area (Å²) in [7, 11) is 0. The number of likely N-dealkylation sites (N-methyl/N-ethyl adjacent to an activating group) is 1. The van der Waals surface area contributed by atoms with Gasteiger partial charge in [-0.25, -0.2) is 0 Å². The van der Waals surface area contributed by atoms with Gasteiger partial charge in [0, 0.05) is 13.2 Å². The Balaban J connectivity index is 4.15. The Morgan fingerprint density at radius 3 is 2.20 bits per heavy atom. The lowest BCUT2D eigenvalue weighted by atomic mass is 10.1. The number of ether oxygens (including phenoxy) is 2. The van der Waals surface area contributed by atoms with Gasteiger partial charge in [0.15, 0.2) is 6.29 Å². The van der Waals surface area contributed by atoms with Gasteiger partial charge in [0.05, 0.1) is 6.04 Å². The van der Waals surface area contributed by atoms with Crippen molar-refractivity contribution in [1.82, 2.24) is 5.32 Å². The van der Waals surface area contributed by atoms with Crippen molar-refractivity contribution in [1.29, 1.82) is 0 Å². The fraction of sp³-hybridized carbons (Fsp3) is 0.833. The van der Waals surface area contributed by atoms with Crippen LogP contribution in [0.3, 0.4) is 0 Å². The molecule has 15 heavy (non-hydrogen) atoms. The summed E-state index contributed by atoms with van der Waals surface area (Å²) in [6.45, 7) is 12.1. The smallest absolute Gasteiger partial charge is 0.172 e. The van der Waals surface area contributed by atoms with Crippen molar-refractivity contribution < 1.29 is 9.47 Å². The van der Waals surface area contributed by atoms with E-state index in [0.29, 0.717) is 13.2 Å². The quantitative estimate of drug-likeness (QED) is 0.448. The Morgan fingerprint density at radius 1 is 1.20 bits per heavy atom. The topological polar surface area (TPSA) is 30.5 Å². The van der Waals surface area contributed by atoms with Gasteiger partial charge in [0.2, 0.25) is 0 Å². The van der Waals surface area contributed by atoms with Crippen LogP contribution in [-0.4, -0.2) is 32.1 Å². The summed E-state index contributed by atoms with van der Waals surface area (Å²) in [5, 5.41) is 3.39. The molecule has 1 unspecified atom stereocenters. The second-order valence-electron chi connectivity index (χ2n) is 3.31. The van der Waals surface area contributed by atoms with E-state index in [9.17, 15) is 0 Å². The predicted molar refractivity (Wildman–Crippen MR) is 63.9 cm³/mol. The molecule has 1 N–H and O–H groups in total. The minimum absolute atomic E-state index is 0.139. The van der Waals surface area contributed by atoms with Crippen LogP contribution in [-0.2, 0) is 9.47 Å². The highest BCUT2D eigenvalue weighted by Crippen LogP contribution is 2.08. The first-order chi connectivity index (χ1) is 7.29. The van der Waals surface area contributed by atoms with E-state index < -0.39 is 0 Å². The van der Waals surface area contributed by atoms with Gasteiger partial charge in [-0.2, -0.15) is 0 Å². The van der Waals surface area contributed by atoms with Crippen molar-refractivity contribution in [2.75, 3.05) is 19.8 Å². The maximum absolute atomic E-state index is 5.58. The second-order valence-corrected chi connectivity index (χ2v) is 3.31. The van der Waals surface area contributed by atoms with Crippen LogP contribution in [0.2, 0.25) is 0 Å². The molecular weight excluding hydrogens is 190 g/mol. The lowest BCUT2D eigenvalue weighted by molar-refractivity contribution is -0.154. The van der Waals surface area contributed by atoms with Gasteiger partial charge in [-0.1, -0.05) is 13.0 Å². The standard InChI is InChI=1S/C12H25NO2/c1-5-9-10-11(13-6-2)12(14-7-3)15-8-4/h5,11-13H,1,6-10H2,2-4H3. The minimum atomic E-state index is -0.139. The van der Waals surface area contributed by atoms with Crippen LogP contribution in [0.1, 0.15) is 33.6 Å². The molecule has 0 amide bonds. The highest BCUT2D eigenvalue weighted by Gasteiger charge is 2.20. The zero-order chi connectivity index (χ0) is 11.5. The summed E-state index contributed by atoms with van der Waals surface area (Å²) in [6.07, 6.45) is 3.77. The van der Waals surface area contributed by atoms with E-state index in [0.717, 1.165) is 19.4 Å². The van der Waals surface area contributed by atoms with Crippen LogP contribution in [0.4, 0.5) is 0 Å². The molecule has 0 heterocycles. The lowest BCUT2D eigenvalue weighted by Gasteiger charge is -2.27. The first kappa shape index (κ1) is 14.6. The lowest BCUT2D eigenvalue weighted by Crippen LogP contribution is -2.43. The van der Waals surface area contributed by atoms with Crippen LogP contribution in [0.5, 0.6) is 0 Å². The summed E-state index contributed by atoms with van der Waals surface area (Å²) in [5.74, 6) is 0. The molecule has 0 bridgehead atoms. The first-order valence-electron chi connectivity index (χ1n) is 5.87. The van der Waals surface area contributed by atoms with Gasteiger partial charge < -0.3 is 14.8 Å². The van der Waals surface area contributed by atoms with Gasteiger partial charge in [-0.15, -0.1) is 6.58 Å². The van der Waals surface area contributed by atoms with Gasteiger partial charge in [0.1, 0.15) is 0 Å². The molecule has 0 aliphatic rings. The highest BCUT2D eigenvalue weighted by atomic mass is 16.7. The average Bonchev–Trinajstić information content (AvgIpc) is 2.24. The Kier molecular flexibility index (Phi) is 9.89. The summed E-state index contributed by atoms with van der Waals surface area (Å²) >= 11 is 0. The van der Waals surface area contributed by atoms with Crippen molar-refractivity contribution in [3.63, 3.8) is 0 Å². The van der Waals surface area contributed by atoms with Gasteiger partial charge >= 0.3 is 0 Å². The summed E-state index contributed by atoms with van der Waals surface area (Å²) in [6, 6.07) is 0.257. The van der Waals surface area contributed by atoms with Crippen molar-refractivity contribution in [3.05, 3.63) is 12.7 Å². The fourth-order valence-electron chi connectivity index (χ4n) is 1.50. The molecule has 0 saturated carbocycles. The molecule has 0 aromatic carbocycles. The SMILES string of the molecule is C=CCCC(NCC)C(OCC)OCC. The van der Waals surface area contributed by atoms with Gasteiger partial charge in [0.25, 0.3) is 0 Å². The molecule has 0 rings (SSSR count). The molecule has 0 spiro atoms. The molecule has 90 valence electrons. The van der Waals surface area contributed by atoms with Gasteiger partial charge in [-0.05, 0) is 33.2 Å². The monoisotopic (exact) mass is 215 g/mol. The largest absolute Gasteiger partial charge is 0.351 e. The highest BCUT2D eigenvalue weighted by molar-refractivity contribution is 4.76. The third-order valence-electron chi connectivity index (χ3n) is 2.14. The zero-order valence-corrected chi connectivity index (χ0v) is 10.3. The van der Waals surface area contributed by atoms with E-state index in [1.807, 2.05) is 19.9 Å². The summed E-state index contributed by atoms with van der Waals surface area (Å²) < 4.78 is 11.2. The molecule has 0 saturated heterocycles. The summed E-state index contributed by atoms with van der Waals surface area (Å²) in [5.41, 5.74) is 0. The molecule has 0 aliphatic heterocycles.